The molecule has 0 spiro atoms. The number of nitrogens with one attached hydrogen (secondary N) is 2. The fraction of sp³-hybridized carbons (Fsp3) is 0.533. The van der Waals surface area contributed by atoms with Crippen molar-refractivity contribution in [3.05, 3.63) is 35.1 Å². The van der Waals surface area contributed by atoms with Crippen LogP contribution in [0.15, 0.2) is 12.1 Å². The largest absolute Gasteiger partial charge is 0.395 e. The van der Waals surface area contributed by atoms with Gasteiger partial charge >= 0.3 is 6.03 Å². The van der Waals surface area contributed by atoms with E-state index >= 15 is 0 Å². The molecule has 0 aromatic heterocycles. The Morgan fingerprint density at radius 2 is 2.00 bits per heavy atom. The third-order valence-electron chi connectivity index (χ3n) is 3.97. The number of carbonyl (C=O) groups is 1. The number of nitrogens with zero attached hydrogens (tertiary/aromatic N) is 1. The Hall–Kier alpha value is -1.80. The number of aliphatic hydroxyl groups excluding tert-OH is 1. The molecule has 0 radical (unpaired) electrons. The number of rotatable bonds is 5. The average Bonchev–Trinajstić information content (AvgIpc) is 2.92. The molecule has 1 heterocycles. The fourth-order valence-corrected chi connectivity index (χ4v) is 2.94. The van der Waals surface area contributed by atoms with E-state index in [1.54, 1.807) is 0 Å². The van der Waals surface area contributed by atoms with Crippen LogP contribution in [0.4, 0.5) is 18.0 Å². The van der Waals surface area contributed by atoms with E-state index in [2.05, 4.69) is 10.6 Å². The van der Waals surface area contributed by atoms with Crippen LogP contribution in [0.1, 0.15) is 24.9 Å². The normalized spacial score (nSPS) is 21.4. The summed E-state index contributed by atoms with van der Waals surface area (Å²) < 4.78 is 40.2. The summed E-state index contributed by atoms with van der Waals surface area (Å²) in [6, 6.07) is 0.673. The van der Waals surface area contributed by atoms with Crippen molar-refractivity contribution >= 4 is 6.03 Å². The molecular formula is C15H20F3N3O2. The molecule has 1 saturated heterocycles. The number of aliphatic hydroxyl groups is 1. The van der Waals surface area contributed by atoms with Crippen molar-refractivity contribution < 1.29 is 23.1 Å². The number of likely N-dealkylation sites (tertiary alicyclic amines) is 1. The second-order valence-corrected chi connectivity index (χ2v) is 5.39. The Balaban J connectivity index is 2.22. The van der Waals surface area contributed by atoms with Crippen LogP contribution < -0.4 is 10.6 Å². The van der Waals surface area contributed by atoms with E-state index in [1.807, 2.05) is 11.8 Å². The Morgan fingerprint density at radius 1 is 1.35 bits per heavy atom. The lowest BCUT2D eigenvalue weighted by Crippen LogP contribution is -2.45. The van der Waals surface area contributed by atoms with E-state index in [4.69, 9.17) is 5.11 Å². The minimum atomic E-state index is -1.50. The Labute approximate surface area is 132 Å². The number of carbonyl (C=O) groups excluding carboxylic acids is 1. The van der Waals surface area contributed by atoms with Gasteiger partial charge in [0, 0.05) is 13.1 Å². The van der Waals surface area contributed by atoms with Crippen molar-refractivity contribution in [3.8, 4) is 0 Å². The molecule has 23 heavy (non-hydrogen) atoms. The van der Waals surface area contributed by atoms with Crippen LogP contribution in [0.25, 0.3) is 0 Å². The predicted molar refractivity (Wildman–Crippen MR) is 78.3 cm³/mol. The first-order valence-corrected chi connectivity index (χ1v) is 7.51. The molecule has 2 atom stereocenters. The summed E-state index contributed by atoms with van der Waals surface area (Å²) >= 11 is 0. The SMILES string of the molecule is CCN1CC[C@H](NC(=O)NCCO)[C@@H]1c1cc(F)c(F)c(F)c1. The molecule has 1 aromatic rings. The number of likely N-dealkylation sites (N-methyl/N-ethyl adjacent to an activating group) is 1. The van der Waals surface area contributed by atoms with Gasteiger partial charge in [0.25, 0.3) is 0 Å². The van der Waals surface area contributed by atoms with E-state index in [1.165, 1.54) is 0 Å². The maximum Gasteiger partial charge on any atom is 0.315 e. The lowest BCUT2D eigenvalue weighted by molar-refractivity contribution is 0.218. The number of halogens is 3. The Morgan fingerprint density at radius 3 is 2.57 bits per heavy atom. The second kappa shape index (κ2) is 7.65. The summed E-state index contributed by atoms with van der Waals surface area (Å²) in [5.41, 5.74) is 0.285. The number of hydrogen-bond donors (Lipinski definition) is 3. The first kappa shape index (κ1) is 17.6. The van der Waals surface area contributed by atoms with Gasteiger partial charge in [0.05, 0.1) is 18.7 Å². The standard InChI is InChI=1S/C15H20F3N3O2/c1-2-21-5-3-12(20-15(23)19-4-6-22)14(21)9-7-10(16)13(18)11(17)8-9/h7-8,12,14,22H,2-6H2,1H3,(H2,19,20,23)/t12-,14-/m0/s1. The van der Waals surface area contributed by atoms with Crippen LogP contribution in [-0.2, 0) is 0 Å². The van der Waals surface area contributed by atoms with Crippen molar-refractivity contribution in [1.82, 2.24) is 15.5 Å². The zero-order valence-electron chi connectivity index (χ0n) is 12.8. The molecule has 1 aromatic carbocycles. The lowest BCUT2D eigenvalue weighted by atomic mass is 9.99. The van der Waals surface area contributed by atoms with E-state index in [-0.39, 0.29) is 24.8 Å². The Bertz CT molecular complexity index is 548. The average molecular weight is 331 g/mol. The van der Waals surface area contributed by atoms with Gasteiger partial charge in [0.15, 0.2) is 17.5 Å². The summed E-state index contributed by atoms with van der Waals surface area (Å²) in [4.78, 5) is 13.7. The molecule has 0 aliphatic carbocycles. The van der Waals surface area contributed by atoms with Crippen LogP contribution in [0.5, 0.6) is 0 Å². The third kappa shape index (κ3) is 3.94. The topological polar surface area (TPSA) is 64.6 Å². The summed E-state index contributed by atoms with van der Waals surface area (Å²) in [5, 5.41) is 13.9. The highest BCUT2D eigenvalue weighted by Gasteiger charge is 2.36. The summed E-state index contributed by atoms with van der Waals surface area (Å²) in [5.74, 6) is -3.99. The molecule has 3 N–H and O–H groups in total. The van der Waals surface area contributed by atoms with Crippen molar-refractivity contribution in [2.45, 2.75) is 25.4 Å². The molecule has 128 valence electrons. The van der Waals surface area contributed by atoms with Gasteiger partial charge < -0.3 is 15.7 Å². The van der Waals surface area contributed by atoms with Gasteiger partial charge in [-0.05, 0) is 30.7 Å². The smallest absolute Gasteiger partial charge is 0.315 e. The zero-order chi connectivity index (χ0) is 17.0. The number of hydrogen-bond acceptors (Lipinski definition) is 3. The Kier molecular flexibility index (Phi) is 5.84. The summed E-state index contributed by atoms with van der Waals surface area (Å²) in [7, 11) is 0. The highest BCUT2D eigenvalue weighted by atomic mass is 19.2. The van der Waals surface area contributed by atoms with E-state index in [0.717, 1.165) is 12.1 Å². The molecule has 1 aliphatic heterocycles. The second-order valence-electron chi connectivity index (χ2n) is 5.39. The van der Waals surface area contributed by atoms with Gasteiger partial charge in [0.1, 0.15) is 0 Å². The van der Waals surface area contributed by atoms with E-state index in [9.17, 15) is 18.0 Å². The maximum absolute atomic E-state index is 13.5. The fourth-order valence-electron chi connectivity index (χ4n) is 2.94. The molecule has 0 bridgehead atoms. The minimum Gasteiger partial charge on any atom is -0.395 e. The van der Waals surface area contributed by atoms with Crippen LogP contribution in [-0.4, -0.2) is 48.3 Å². The van der Waals surface area contributed by atoms with Gasteiger partial charge in [-0.2, -0.15) is 0 Å². The molecule has 2 rings (SSSR count). The number of urea groups is 1. The quantitative estimate of drug-likeness (QED) is 0.717. The molecular weight excluding hydrogens is 311 g/mol. The minimum absolute atomic E-state index is 0.112. The van der Waals surface area contributed by atoms with Gasteiger partial charge in [-0.15, -0.1) is 0 Å². The zero-order valence-corrected chi connectivity index (χ0v) is 12.8. The first-order chi connectivity index (χ1) is 11.0. The molecule has 1 aliphatic rings. The van der Waals surface area contributed by atoms with Crippen LogP contribution >= 0.6 is 0 Å². The van der Waals surface area contributed by atoms with Gasteiger partial charge in [-0.1, -0.05) is 6.92 Å². The monoisotopic (exact) mass is 331 g/mol. The van der Waals surface area contributed by atoms with Gasteiger partial charge in [-0.25, -0.2) is 18.0 Å². The van der Waals surface area contributed by atoms with Crippen molar-refractivity contribution in [2.75, 3.05) is 26.2 Å². The van der Waals surface area contributed by atoms with E-state index < -0.39 is 29.5 Å². The van der Waals surface area contributed by atoms with Crippen LogP contribution in [0.3, 0.4) is 0 Å². The molecule has 0 unspecified atom stereocenters. The summed E-state index contributed by atoms with van der Waals surface area (Å²) in [6.45, 7) is 3.10. The van der Waals surface area contributed by atoms with Crippen LogP contribution in [0.2, 0.25) is 0 Å². The van der Waals surface area contributed by atoms with Crippen molar-refractivity contribution in [1.29, 1.82) is 0 Å². The lowest BCUT2D eigenvalue weighted by Gasteiger charge is -2.28. The van der Waals surface area contributed by atoms with Gasteiger partial charge in [0.2, 0.25) is 0 Å². The first-order valence-electron chi connectivity index (χ1n) is 7.51. The highest BCUT2D eigenvalue weighted by molar-refractivity contribution is 5.74. The summed E-state index contributed by atoms with van der Waals surface area (Å²) in [6.07, 6.45) is 0.603. The molecule has 8 heteroatoms. The van der Waals surface area contributed by atoms with Crippen LogP contribution in [0, 0.1) is 17.5 Å². The van der Waals surface area contributed by atoms with E-state index in [0.29, 0.717) is 19.5 Å². The maximum atomic E-state index is 13.5. The predicted octanol–water partition coefficient (Wildman–Crippen LogP) is 1.53. The highest BCUT2D eigenvalue weighted by Crippen LogP contribution is 2.33. The molecule has 5 nitrogen and oxygen atoms in total. The third-order valence-corrected chi connectivity index (χ3v) is 3.97. The van der Waals surface area contributed by atoms with Crippen molar-refractivity contribution in [3.63, 3.8) is 0 Å². The number of amides is 2. The van der Waals surface area contributed by atoms with Crippen molar-refractivity contribution in [2.24, 2.45) is 0 Å². The molecule has 0 saturated carbocycles. The van der Waals surface area contributed by atoms with Gasteiger partial charge in [-0.3, -0.25) is 4.90 Å². The molecule has 2 amide bonds. The molecule has 1 fully saturated rings. The number of benzene rings is 1.